The largest absolute Gasteiger partial charge is 0.494 e. The fraction of sp³-hybridized carbons (Fsp3) is 0.294. The molecule has 0 spiro atoms. The van der Waals surface area contributed by atoms with Gasteiger partial charge in [0.25, 0.3) is 0 Å². The summed E-state index contributed by atoms with van der Waals surface area (Å²) in [6.45, 7) is 4.52. The molecule has 0 aliphatic carbocycles. The van der Waals surface area contributed by atoms with E-state index in [2.05, 4.69) is 0 Å². The van der Waals surface area contributed by atoms with Crippen molar-refractivity contribution in [1.82, 2.24) is 0 Å². The van der Waals surface area contributed by atoms with E-state index >= 15 is 0 Å². The normalized spacial score (nSPS) is 12.2. The summed E-state index contributed by atoms with van der Waals surface area (Å²) in [4.78, 5) is 0. The molecule has 0 aromatic heterocycles. The molecule has 1 unspecified atom stereocenters. The first-order chi connectivity index (χ1) is 9.60. The van der Waals surface area contributed by atoms with Crippen LogP contribution in [0.2, 0.25) is 0 Å². The van der Waals surface area contributed by atoms with Gasteiger partial charge >= 0.3 is 0 Å². The molecule has 0 bridgehead atoms. The highest BCUT2D eigenvalue weighted by atomic mass is 19.1. The van der Waals surface area contributed by atoms with Gasteiger partial charge in [-0.2, -0.15) is 0 Å². The summed E-state index contributed by atoms with van der Waals surface area (Å²) in [5.74, 6) is 0.445. The van der Waals surface area contributed by atoms with Crippen LogP contribution in [0.25, 0.3) is 0 Å². The van der Waals surface area contributed by atoms with Crippen LogP contribution < -0.4 is 4.74 Å². The molecule has 0 amide bonds. The Bertz CT molecular complexity index is 543. The highest BCUT2D eigenvalue weighted by Crippen LogP contribution is 2.25. The van der Waals surface area contributed by atoms with E-state index in [1.54, 1.807) is 25.1 Å². The smallest absolute Gasteiger partial charge is 0.123 e. The van der Waals surface area contributed by atoms with Gasteiger partial charge in [-0.25, -0.2) is 4.39 Å². The molecule has 2 aromatic carbocycles. The topological polar surface area (TPSA) is 29.5 Å². The molecule has 0 aliphatic rings. The molecule has 20 heavy (non-hydrogen) atoms. The number of aryl methyl sites for hydroxylation is 1. The summed E-state index contributed by atoms with van der Waals surface area (Å²) in [5.41, 5.74) is 2.07. The van der Waals surface area contributed by atoms with E-state index in [1.165, 1.54) is 12.1 Å². The van der Waals surface area contributed by atoms with Crippen molar-refractivity contribution in [1.29, 1.82) is 0 Å². The second-order valence-electron chi connectivity index (χ2n) is 4.88. The van der Waals surface area contributed by atoms with Gasteiger partial charge in [-0.3, -0.25) is 0 Å². The minimum Gasteiger partial charge on any atom is -0.494 e. The van der Waals surface area contributed by atoms with Gasteiger partial charge in [-0.1, -0.05) is 25.1 Å². The Hall–Kier alpha value is -1.87. The fourth-order valence-electron chi connectivity index (χ4n) is 2.08. The number of halogens is 1. The third-order valence-corrected chi connectivity index (χ3v) is 3.05. The van der Waals surface area contributed by atoms with Gasteiger partial charge in [-0.15, -0.1) is 0 Å². The zero-order valence-corrected chi connectivity index (χ0v) is 11.8. The second-order valence-corrected chi connectivity index (χ2v) is 4.88. The zero-order chi connectivity index (χ0) is 14.5. The molecular formula is C17H19FO2. The van der Waals surface area contributed by atoms with E-state index in [0.29, 0.717) is 12.2 Å². The minimum absolute atomic E-state index is 0.332. The molecule has 0 fully saturated rings. The molecule has 0 aliphatic heterocycles. The lowest BCUT2D eigenvalue weighted by Gasteiger charge is -2.13. The molecular weight excluding hydrogens is 255 g/mol. The Kier molecular flexibility index (Phi) is 4.74. The van der Waals surface area contributed by atoms with E-state index in [9.17, 15) is 9.50 Å². The van der Waals surface area contributed by atoms with Crippen molar-refractivity contribution in [3.05, 3.63) is 65.0 Å². The maximum atomic E-state index is 13.4. The van der Waals surface area contributed by atoms with Gasteiger partial charge in [-0.05, 0) is 54.3 Å². The Labute approximate surface area is 118 Å². The first-order valence-electron chi connectivity index (χ1n) is 6.78. The number of hydrogen-bond acceptors (Lipinski definition) is 2. The molecule has 2 nitrogen and oxygen atoms in total. The highest BCUT2D eigenvalue weighted by Gasteiger charge is 2.12. The van der Waals surface area contributed by atoms with E-state index in [0.717, 1.165) is 23.3 Å². The summed E-state index contributed by atoms with van der Waals surface area (Å²) in [7, 11) is 0. The average molecular weight is 274 g/mol. The number of ether oxygens (including phenoxy) is 1. The van der Waals surface area contributed by atoms with Crippen molar-refractivity contribution in [2.24, 2.45) is 0 Å². The molecule has 0 saturated carbocycles. The third kappa shape index (κ3) is 3.58. The molecule has 1 atom stereocenters. The lowest BCUT2D eigenvalue weighted by atomic mass is 10.00. The summed E-state index contributed by atoms with van der Waals surface area (Å²) >= 11 is 0. The molecule has 3 heteroatoms. The quantitative estimate of drug-likeness (QED) is 0.892. The molecule has 0 saturated heterocycles. The SMILES string of the molecule is CCCOc1ccc(C(O)c2cc(C)cc(F)c2)cc1. The monoisotopic (exact) mass is 274 g/mol. The lowest BCUT2D eigenvalue weighted by molar-refractivity contribution is 0.219. The zero-order valence-electron chi connectivity index (χ0n) is 11.8. The number of benzene rings is 2. The van der Waals surface area contributed by atoms with E-state index < -0.39 is 6.10 Å². The molecule has 0 heterocycles. The standard InChI is InChI=1S/C17H19FO2/c1-3-8-20-16-6-4-13(5-7-16)17(19)14-9-12(2)10-15(18)11-14/h4-7,9-11,17,19H,3,8H2,1-2H3. The Morgan fingerprint density at radius 3 is 2.40 bits per heavy atom. The van der Waals surface area contributed by atoms with Crippen LogP contribution in [0, 0.1) is 12.7 Å². The van der Waals surface area contributed by atoms with Crippen molar-refractivity contribution in [2.75, 3.05) is 6.61 Å². The van der Waals surface area contributed by atoms with Crippen LogP contribution in [0.1, 0.15) is 36.1 Å². The van der Waals surface area contributed by atoms with Crippen LogP contribution in [-0.4, -0.2) is 11.7 Å². The minimum atomic E-state index is -0.829. The highest BCUT2D eigenvalue weighted by molar-refractivity contribution is 5.35. The van der Waals surface area contributed by atoms with Crippen LogP contribution in [0.15, 0.2) is 42.5 Å². The van der Waals surface area contributed by atoms with Crippen LogP contribution in [0.3, 0.4) is 0 Å². The van der Waals surface area contributed by atoms with Crippen molar-refractivity contribution < 1.29 is 14.2 Å². The Balaban J connectivity index is 2.17. The fourth-order valence-corrected chi connectivity index (χ4v) is 2.08. The molecule has 0 radical (unpaired) electrons. The van der Waals surface area contributed by atoms with E-state index in [1.807, 2.05) is 19.1 Å². The van der Waals surface area contributed by atoms with Gasteiger partial charge in [0.1, 0.15) is 17.7 Å². The maximum Gasteiger partial charge on any atom is 0.123 e. The van der Waals surface area contributed by atoms with E-state index in [4.69, 9.17) is 4.74 Å². The summed E-state index contributed by atoms with van der Waals surface area (Å²) < 4.78 is 18.9. The first kappa shape index (κ1) is 14.5. The van der Waals surface area contributed by atoms with Crippen LogP contribution >= 0.6 is 0 Å². The molecule has 106 valence electrons. The van der Waals surface area contributed by atoms with Crippen LogP contribution in [0.4, 0.5) is 4.39 Å². The average Bonchev–Trinajstić information content (AvgIpc) is 2.44. The molecule has 1 N–H and O–H groups in total. The van der Waals surface area contributed by atoms with Gasteiger partial charge in [0, 0.05) is 0 Å². The first-order valence-corrected chi connectivity index (χ1v) is 6.78. The van der Waals surface area contributed by atoms with E-state index in [-0.39, 0.29) is 5.82 Å². The Morgan fingerprint density at radius 2 is 1.80 bits per heavy atom. The number of rotatable bonds is 5. The summed E-state index contributed by atoms with van der Waals surface area (Å²) in [5, 5.41) is 10.3. The van der Waals surface area contributed by atoms with Crippen molar-refractivity contribution in [3.8, 4) is 5.75 Å². The third-order valence-electron chi connectivity index (χ3n) is 3.05. The van der Waals surface area contributed by atoms with Gasteiger partial charge in [0.05, 0.1) is 6.61 Å². The number of aliphatic hydroxyl groups is 1. The number of hydrogen-bond donors (Lipinski definition) is 1. The van der Waals surface area contributed by atoms with Gasteiger partial charge < -0.3 is 9.84 Å². The molecule has 2 aromatic rings. The van der Waals surface area contributed by atoms with Crippen LogP contribution in [-0.2, 0) is 0 Å². The van der Waals surface area contributed by atoms with Gasteiger partial charge in [0.2, 0.25) is 0 Å². The predicted octanol–water partition coefficient (Wildman–Crippen LogP) is 4.00. The van der Waals surface area contributed by atoms with Crippen LogP contribution in [0.5, 0.6) is 5.75 Å². The maximum absolute atomic E-state index is 13.4. The summed E-state index contributed by atoms with van der Waals surface area (Å²) in [6.07, 6.45) is 0.122. The predicted molar refractivity (Wildman–Crippen MR) is 77.4 cm³/mol. The Morgan fingerprint density at radius 1 is 1.10 bits per heavy atom. The van der Waals surface area contributed by atoms with Crippen molar-refractivity contribution in [2.45, 2.75) is 26.4 Å². The lowest BCUT2D eigenvalue weighted by Crippen LogP contribution is -2.01. The summed E-state index contributed by atoms with van der Waals surface area (Å²) in [6, 6.07) is 11.8. The van der Waals surface area contributed by atoms with Crippen molar-refractivity contribution >= 4 is 0 Å². The number of aliphatic hydroxyl groups excluding tert-OH is 1. The van der Waals surface area contributed by atoms with Gasteiger partial charge in [0.15, 0.2) is 0 Å². The van der Waals surface area contributed by atoms with Crippen molar-refractivity contribution in [3.63, 3.8) is 0 Å². The molecule has 2 rings (SSSR count). The second kappa shape index (κ2) is 6.53.